The van der Waals surface area contributed by atoms with Crippen LogP contribution in [0.2, 0.25) is 0 Å². The summed E-state index contributed by atoms with van der Waals surface area (Å²) in [5, 5.41) is 0. The van der Waals surface area contributed by atoms with Crippen LogP contribution in [0.3, 0.4) is 0 Å². The Labute approximate surface area is 75.2 Å². The zero-order valence-corrected chi connectivity index (χ0v) is 8.27. The fraction of sp³-hybridized carbons (Fsp3) is 1.00. The van der Waals surface area contributed by atoms with E-state index in [1.54, 1.807) is 0 Å². The number of hydrogen-bond acceptors (Lipinski definition) is 2. The van der Waals surface area contributed by atoms with Crippen molar-refractivity contribution in [3.8, 4) is 0 Å². The van der Waals surface area contributed by atoms with Crippen LogP contribution in [0.25, 0.3) is 0 Å². The molecule has 0 atom stereocenters. The standard InChI is InChI=1S/C10H20O2/c1-3-7-12-10(4-2)5-8-11-9-6-10/h3-9H2,1-2H3. The second kappa shape index (κ2) is 4.83. The summed E-state index contributed by atoms with van der Waals surface area (Å²) in [7, 11) is 0. The molecule has 0 N–H and O–H groups in total. The van der Waals surface area contributed by atoms with E-state index in [0.29, 0.717) is 0 Å². The van der Waals surface area contributed by atoms with Crippen molar-refractivity contribution in [1.29, 1.82) is 0 Å². The summed E-state index contributed by atoms with van der Waals surface area (Å²) >= 11 is 0. The monoisotopic (exact) mass is 172 g/mol. The van der Waals surface area contributed by atoms with E-state index < -0.39 is 0 Å². The van der Waals surface area contributed by atoms with Crippen LogP contribution < -0.4 is 0 Å². The van der Waals surface area contributed by atoms with Crippen LogP contribution in [0.4, 0.5) is 0 Å². The van der Waals surface area contributed by atoms with Gasteiger partial charge in [0, 0.05) is 19.8 Å². The van der Waals surface area contributed by atoms with Crippen molar-refractivity contribution >= 4 is 0 Å². The van der Waals surface area contributed by atoms with Crippen LogP contribution in [-0.2, 0) is 9.47 Å². The maximum atomic E-state index is 5.89. The lowest BCUT2D eigenvalue weighted by Gasteiger charge is -2.36. The first-order valence-corrected chi connectivity index (χ1v) is 5.05. The minimum atomic E-state index is 0.147. The third-order valence-electron chi connectivity index (χ3n) is 2.66. The van der Waals surface area contributed by atoms with E-state index in [4.69, 9.17) is 9.47 Å². The molecule has 0 aliphatic carbocycles. The molecule has 12 heavy (non-hydrogen) atoms. The van der Waals surface area contributed by atoms with Crippen LogP contribution in [0.15, 0.2) is 0 Å². The van der Waals surface area contributed by atoms with Gasteiger partial charge in [0.2, 0.25) is 0 Å². The molecular formula is C10H20O2. The molecular weight excluding hydrogens is 152 g/mol. The third kappa shape index (κ3) is 2.46. The van der Waals surface area contributed by atoms with Crippen LogP contribution in [0.5, 0.6) is 0 Å². The quantitative estimate of drug-likeness (QED) is 0.648. The van der Waals surface area contributed by atoms with Gasteiger partial charge in [0.15, 0.2) is 0 Å². The highest BCUT2D eigenvalue weighted by Gasteiger charge is 2.30. The van der Waals surface area contributed by atoms with Crippen LogP contribution in [-0.4, -0.2) is 25.4 Å². The van der Waals surface area contributed by atoms with Gasteiger partial charge in [-0.2, -0.15) is 0 Å². The Morgan fingerprint density at radius 1 is 1.25 bits per heavy atom. The van der Waals surface area contributed by atoms with Gasteiger partial charge in [-0.3, -0.25) is 0 Å². The van der Waals surface area contributed by atoms with E-state index in [9.17, 15) is 0 Å². The van der Waals surface area contributed by atoms with Crippen molar-refractivity contribution < 1.29 is 9.47 Å². The van der Waals surface area contributed by atoms with Crippen molar-refractivity contribution in [3.63, 3.8) is 0 Å². The molecule has 2 nitrogen and oxygen atoms in total. The van der Waals surface area contributed by atoms with Crippen molar-refractivity contribution in [1.82, 2.24) is 0 Å². The largest absolute Gasteiger partial charge is 0.381 e. The molecule has 2 heteroatoms. The van der Waals surface area contributed by atoms with Gasteiger partial charge in [0.1, 0.15) is 0 Å². The van der Waals surface area contributed by atoms with E-state index in [-0.39, 0.29) is 5.60 Å². The van der Waals surface area contributed by atoms with Gasteiger partial charge in [-0.1, -0.05) is 13.8 Å². The molecule has 0 unspecified atom stereocenters. The Morgan fingerprint density at radius 2 is 1.92 bits per heavy atom. The fourth-order valence-electron chi connectivity index (χ4n) is 1.66. The molecule has 72 valence electrons. The summed E-state index contributed by atoms with van der Waals surface area (Å²) in [5.74, 6) is 0. The Bertz CT molecular complexity index is 117. The average molecular weight is 172 g/mol. The minimum absolute atomic E-state index is 0.147. The first kappa shape index (κ1) is 10.0. The van der Waals surface area contributed by atoms with E-state index in [0.717, 1.165) is 45.5 Å². The smallest absolute Gasteiger partial charge is 0.0723 e. The summed E-state index contributed by atoms with van der Waals surface area (Å²) < 4.78 is 11.2. The summed E-state index contributed by atoms with van der Waals surface area (Å²) in [6.45, 7) is 7.01. The zero-order valence-electron chi connectivity index (χ0n) is 8.27. The van der Waals surface area contributed by atoms with Gasteiger partial charge in [0.25, 0.3) is 0 Å². The number of hydrogen-bond donors (Lipinski definition) is 0. The lowest BCUT2D eigenvalue weighted by molar-refractivity contribution is -0.112. The van der Waals surface area contributed by atoms with Crippen LogP contribution in [0, 0.1) is 0 Å². The van der Waals surface area contributed by atoms with E-state index in [2.05, 4.69) is 13.8 Å². The fourth-order valence-corrected chi connectivity index (χ4v) is 1.66. The SMILES string of the molecule is CCCOC1(CC)CCOCC1. The predicted molar refractivity (Wildman–Crippen MR) is 49.3 cm³/mol. The van der Waals surface area contributed by atoms with E-state index in [1.807, 2.05) is 0 Å². The van der Waals surface area contributed by atoms with Crippen molar-refractivity contribution in [2.24, 2.45) is 0 Å². The molecule has 1 heterocycles. The van der Waals surface area contributed by atoms with E-state index in [1.165, 1.54) is 0 Å². The first-order chi connectivity index (χ1) is 5.83. The van der Waals surface area contributed by atoms with Gasteiger partial charge in [0.05, 0.1) is 5.60 Å². The Hall–Kier alpha value is -0.0800. The maximum Gasteiger partial charge on any atom is 0.0723 e. The molecule has 0 bridgehead atoms. The lowest BCUT2D eigenvalue weighted by Crippen LogP contribution is -2.38. The molecule has 0 amide bonds. The second-order valence-electron chi connectivity index (χ2n) is 3.50. The Balaban J connectivity index is 2.37. The highest BCUT2D eigenvalue weighted by atomic mass is 16.5. The van der Waals surface area contributed by atoms with Gasteiger partial charge in [-0.05, 0) is 25.7 Å². The Kier molecular flexibility index (Phi) is 4.02. The summed E-state index contributed by atoms with van der Waals surface area (Å²) in [6, 6.07) is 0. The van der Waals surface area contributed by atoms with E-state index >= 15 is 0 Å². The number of ether oxygens (including phenoxy) is 2. The van der Waals surface area contributed by atoms with Gasteiger partial charge >= 0.3 is 0 Å². The minimum Gasteiger partial charge on any atom is -0.381 e. The van der Waals surface area contributed by atoms with Crippen LogP contribution in [0.1, 0.15) is 39.5 Å². The van der Waals surface area contributed by atoms with Crippen LogP contribution >= 0.6 is 0 Å². The van der Waals surface area contributed by atoms with Gasteiger partial charge in [-0.25, -0.2) is 0 Å². The molecule has 1 aliphatic heterocycles. The molecule has 1 fully saturated rings. The average Bonchev–Trinajstić information content (AvgIpc) is 2.16. The molecule has 1 aliphatic rings. The summed E-state index contributed by atoms with van der Waals surface area (Å²) in [6.07, 6.45) is 4.38. The Morgan fingerprint density at radius 3 is 2.42 bits per heavy atom. The molecule has 0 spiro atoms. The molecule has 0 saturated carbocycles. The highest BCUT2D eigenvalue weighted by Crippen LogP contribution is 2.28. The molecule has 0 aromatic rings. The second-order valence-corrected chi connectivity index (χ2v) is 3.50. The molecule has 0 radical (unpaired) electrons. The summed E-state index contributed by atoms with van der Waals surface area (Å²) in [4.78, 5) is 0. The molecule has 1 saturated heterocycles. The van der Waals surface area contributed by atoms with Gasteiger partial charge < -0.3 is 9.47 Å². The molecule has 0 aromatic carbocycles. The van der Waals surface area contributed by atoms with Crippen molar-refractivity contribution in [3.05, 3.63) is 0 Å². The maximum absolute atomic E-state index is 5.89. The predicted octanol–water partition coefficient (Wildman–Crippen LogP) is 2.37. The van der Waals surface area contributed by atoms with Gasteiger partial charge in [-0.15, -0.1) is 0 Å². The third-order valence-corrected chi connectivity index (χ3v) is 2.66. The summed E-state index contributed by atoms with van der Waals surface area (Å²) in [5.41, 5.74) is 0.147. The first-order valence-electron chi connectivity index (χ1n) is 5.05. The van der Waals surface area contributed by atoms with Crippen molar-refractivity contribution in [2.75, 3.05) is 19.8 Å². The number of rotatable bonds is 4. The highest BCUT2D eigenvalue weighted by molar-refractivity contribution is 4.81. The topological polar surface area (TPSA) is 18.5 Å². The lowest BCUT2D eigenvalue weighted by atomic mass is 9.91. The van der Waals surface area contributed by atoms with Crippen molar-refractivity contribution in [2.45, 2.75) is 45.1 Å². The zero-order chi connectivity index (χ0) is 8.86. The normalized spacial score (nSPS) is 22.5. The molecule has 0 aromatic heterocycles. The molecule has 1 rings (SSSR count).